The van der Waals surface area contributed by atoms with Crippen LogP contribution in [0.5, 0.6) is 0 Å². The number of carbonyl (C=O) groups excluding carboxylic acids is 1. The van der Waals surface area contributed by atoms with Gasteiger partial charge in [-0.3, -0.25) is 4.79 Å². The van der Waals surface area contributed by atoms with Crippen molar-refractivity contribution < 1.29 is 4.79 Å². The molecule has 0 aliphatic carbocycles. The van der Waals surface area contributed by atoms with E-state index in [2.05, 4.69) is 35.5 Å². The summed E-state index contributed by atoms with van der Waals surface area (Å²) in [4.78, 5) is 12.3. The van der Waals surface area contributed by atoms with E-state index in [1.165, 1.54) is 11.8 Å². The van der Waals surface area contributed by atoms with Crippen LogP contribution in [0, 0.1) is 6.92 Å². The monoisotopic (exact) mass is 317 g/mol. The predicted octanol–water partition coefficient (Wildman–Crippen LogP) is 4.09. The van der Waals surface area contributed by atoms with Crippen LogP contribution in [-0.4, -0.2) is 26.3 Å². The van der Waals surface area contributed by atoms with Gasteiger partial charge in [0.25, 0.3) is 0 Å². The van der Waals surface area contributed by atoms with Gasteiger partial charge in [-0.1, -0.05) is 62.4 Å². The molecule has 118 valence electrons. The zero-order valence-electron chi connectivity index (χ0n) is 13.7. The van der Waals surface area contributed by atoms with E-state index in [-0.39, 0.29) is 5.78 Å². The summed E-state index contributed by atoms with van der Waals surface area (Å²) in [5.41, 5.74) is 1.91. The molecule has 0 aliphatic rings. The molecule has 0 radical (unpaired) electrons. The molecule has 1 heterocycles. The van der Waals surface area contributed by atoms with Crippen molar-refractivity contribution in [1.82, 2.24) is 14.8 Å². The summed E-state index contributed by atoms with van der Waals surface area (Å²) in [6.07, 6.45) is 1.03. The number of ketones is 1. The minimum absolute atomic E-state index is 0.127. The van der Waals surface area contributed by atoms with E-state index in [1.54, 1.807) is 0 Å². The van der Waals surface area contributed by atoms with Gasteiger partial charge in [-0.25, -0.2) is 0 Å². The van der Waals surface area contributed by atoms with Crippen LogP contribution in [0.4, 0.5) is 0 Å². The minimum atomic E-state index is 0.127. The van der Waals surface area contributed by atoms with E-state index in [9.17, 15) is 4.79 Å². The maximum atomic E-state index is 12.3. The van der Waals surface area contributed by atoms with Gasteiger partial charge >= 0.3 is 0 Å². The molecule has 4 nitrogen and oxygen atoms in total. The Hall–Kier alpha value is -1.62. The van der Waals surface area contributed by atoms with Crippen LogP contribution in [0.1, 0.15) is 54.9 Å². The van der Waals surface area contributed by atoms with Gasteiger partial charge in [0.1, 0.15) is 5.82 Å². The molecule has 0 bridgehead atoms. The van der Waals surface area contributed by atoms with Crippen molar-refractivity contribution in [3.63, 3.8) is 0 Å². The summed E-state index contributed by atoms with van der Waals surface area (Å²) in [5, 5.41) is 9.38. The average molecular weight is 317 g/mol. The van der Waals surface area contributed by atoms with E-state index in [1.807, 2.05) is 31.2 Å². The molecule has 22 heavy (non-hydrogen) atoms. The Kier molecular flexibility index (Phi) is 5.77. The highest BCUT2D eigenvalue weighted by Gasteiger charge is 2.16. The van der Waals surface area contributed by atoms with E-state index in [4.69, 9.17) is 0 Å². The van der Waals surface area contributed by atoms with E-state index >= 15 is 0 Å². The summed E-state index contributed by atoms with van der Waals surface area (Å²) in [5.74, 6) is 1.85. The number of nitrogens with zero attached hydrogens (tertiary/aromatic N) is 3. The first kappa shape index (κ1) is 16.7. The van der Waals surface area contributed by atoms with Crippen LogP contribution in [0.2, 0.25) is 0 Å². The Morgan fingerprint density at radius 3 is 2.50 bits per heavy atom. The van der Waals surface area contributed by atoms with Crippen LogP contribution in [0.15, 0.2) is 29.4 Å². The number of rotatable bonds is 7. The number of thioether (sulfide) groups is 1. The van der Waals surface area contributed by atoms with Crippen molar-refractivity contribution in [1.29, 1.82) is 0 Å². The second-order valence-corrected chi connectivity index (χ2v) is 6.67. The molecular weight excluding hydrogens is 294 g/mol. The second kappa shape index (κ2) is 7.58. The molecule has 0 amide bonds. The maximum absolute atomic E-state index is 12.3. The Balaban J connectivity index is 2.07. The first-order valence-corrected chi connectivity index (χ1v) is 8.67. The highest BCUT2D eigenvalue weighted by Crippen LogP contribution is 2.22. The molecule has 1 aromatic heterocycles. The largest absolute Gasteiger partial charge is 0.306 e. The smallest absolute Gasteiger partial charge is 0.191 e. The molecule has 0 aliphatic heterocycles. The van der Waals surface area contributed by atoms with Crippen molar-refractivity contribution in [2.45, 2.75) is 51.7 Å². The van der Waals surface area contributed by atoms with E-state index in [0.29, 0.717) is 11.7 Å². The molecule has 5 heteroatoms. The van der Waals surface area contributed by atoms with E-state index in [0.717, 1.165) is 35.1 Å². The molecule has 0 spiro atoms. The minimum Gasteiger partial charge on any atom is -0.306 e. The van der Waals surface area contributed by atoms with Gasteiger partial charge in [-0.05, 0) is 13.3 Å². The van der Waals surface area contributed by atoms with Crippen molar-refractivity contribution in [2.24, 2.45) is 0 Å². The summed E-state index contributed by atoms with van der Waals surface area (Å²) in [7, 11) is 0. The fourth-order valence-corrected chi connectivity index (χ4v) is 3.09. The topological polar surface area (TPSA) is 47.8 Å². The fourth-order valence-electron chi connectivity index (χ4n) is 2.22. The molecule has 0 N–H and O–H groups in total. The van der Waals surface area contributed by atoms with Crippen molar-refractivity contribution in [2.75, 3.05) is 5.75 Å². The van der Waals surface area contributed by atoms with Gasteiger partial charge in [0.15, 0.2) is 10.9 Å². The highest BCUT2D eigenvalue weighted by atomic mass is 32.2. The lowest BCUT2D eigenvalue weighted by atomic mass is 10.1. The van der Waals surface area contributed by atoms with Crippen LogP contribution < -0.4 is 0 Å². The zero-order valence-corrected chi connectivity index (χ0v) is 14.5. The summed E-state index contributed by atoms with van der Waals surface area (Å²) < 4.78 is 2.14. The molecule has 0 saturated heterocycles. The normalized spacial score (nSPS) is 11.1. The summed E-state index contributed by atoms with van der Waals surface area (Å²) >= 11 is 1.47. The van der Waals surface area contributed by atoms with Gasteiger partial charge in [0, 0.05) is 18.0 Å². The number of benzene rings is 1. The van der Waals surface area contributed by atoms with Gasteiger partial charge in [0.2, 0.25) is 0 Å². The second-order valence-electron chi connectivity index (χ2n) is 5.72. The van der Waals surface area contributed by atoms with Crippen LogP contribution in [0.3, 0.4) is 0 Å². The summed E-state index contributed by atoms with van der Waals surface area (Å²) in [6.45, 7) is 9.27. The Morgan fingerprint density at radius 2 is 1.91 bits per heavy atom. The fraction of sp³-hybridized carbons (Fsp3) is 0.471. The number of hydrogen-bond acceptors (Lipinski definition) is 4. The lowest BCUT2D eigenvalue weighted by Gasteiger charge is -2.10. The average Bonchev–Trinajstić information content (AvgIpc) is 2.89. The summed E-state index contributed by atoms with van der Waals surface area (Å²) in [6, 6.07) is 7.70. The molecule has 0 unspecified atom stereocenters. The highest BCUT2D eigenvalue weighted by molar-refractivity contribution is 7.99. The number of carbonyl (C=O) groups is 1. The van der Waals surface area contributed by atoms with Crippen molar-refractivity contribution in [3.05, 3.63) is 41.2 Å². The van der Waals surface area contributed by atoms with Gasteiger partial charge in [0.05, 0.1) is 5.75 Å². The molecular formula is C17H23N3OS. The predicted molar refractivity (Wildman–Crippen MR) is 90.6 cm³/mol. The molecule has 0 saturated carbocycles. The Bertz CT molecular complexity index is 632. The lowest BCUT2D eigenvalue weighted by molar-refractivity contribution is 0.102. The maximum Gasteiger partial charge on any atom is 0.191 e. The standard InChI is InChI=1S/C17H23N3OS/c1-5-10-20-16(12(2)3)18-19-17(20)22-11-15(21)14-8-6-13(4)7-9-14/h6-9,12H,5,10-11H2,1-4H3. The third-order valence-electron chi connectivity index (χ3n) is 3.41. The van der Waals surface area contributed by atoms with Crippen LogP contribution >= 0.6 is 11.8 Å². The third-order valence-corrected chi connectivity index (χ3v) is 4.38. The lowest BCUT2D eigenvalue weighted by Crippen LogP contribution is -2.08. The number of aromatic nitrogens is 3. The SMILES string of the molecule is CCCn1c(SCC(=O)c2ccc(C)cc2)nnc1C(C)C. The van der Waals surface area contributed by atoms with Crippen molar-refractivity contribution in [3.8, 4) is 0 Å². The molecule has 1 aromatic carbocycles. The molecule has 0 atom stereocenters. The molecule has 0 fully saturated rings. The molecule has 2 aromatic rings. The first-order chi connectivity index (χ1) is 10.5. The third kappa shape index (κ3) is 3.97. The number of hydrogen-bond donors (Lipinski definition) is 0. The van der Waals surface area contributed by atoms with Gasteiger partial charge in [-0.2, -0.15) is 0 Å². The Labute approximate surface area is 136 Å². The quantitative estimate of drug-likeness (QED) is 0.570. The van der Waals surface area contributed by atoms with Crippen LogP contribution in [0.25, 0.3) is 0 Å². The van der Waals surface area contributed by atoms with Crippen LogP contribution in [-0.2, 0) is 6.54 Å². The zero-order chi connectivity index (χ0) is 16.1. The van der Waals surface area contributed by atoms with Gasteiger partial charge < -0.3 is 4.57 Å². The first-order valence-electron chi connectivity index (χ1n) is 7.68. The van der Waals surface area contributed by atoms with E-state index < -0.39 is 0 Å². The Morgan fingerprint density at radius 1 is 1.23 bits per heavy atom. The number of Topliss-reactive ketones (excluding diaryl/α,β-unsaturated/α-hetero) is 1. The molecule has 2 rings (SSSR count). The number of aryl methyl sites for hydroxylation is 1. The van der Waals surface area contributed by atoms with Crippen molar-refractivity contribution >= 4 is 17.5 Å². The van der Waals surface area contributed by atoms with Gasteiger partial charge in [-0.15, -0.1) is 10.2 Å².